The molecule has 0 saturated carbocycles. The van der Waals surface area contributed by atoms with Gasteiger partial charge in [0, 0.05) is 24.9 Å². The van der Waals surface area contributed by atoms with Crippen LogP contribution < -0.4 is 10.1 Å². The van der Waals surface area contributed by atoms with Gasteiger partial charge >= 0.3 is 0 Å². The van der Waals surface area contributed by atoms with E-state index in [1.807, 2.05) is 6.92 Å². The van der Waals surface area contributed by atoms with E-state index >= 15 is 0 Å². The molecule has 1 rings (SSSR count). The van der Waals surface area contributed by atoms with Gasteiger partial charge in [-0.1, -0.05) is 0 Å². The van der Waals surface area contributed by atoms with Gasteiger partial charge in [0.15, 0.2) is 0 Å². The highest BCUT2D eigenvalue weighted by molar-refractivity contribution is 5.94. The molecule has 5 heteroatoms. The molecule has 2 N–H and O–H groups in total. The molecule has 1 heterocycles. The van der Waals surface area contributed by atoms with Crippen LogP contribution in [0.3, 0.4) is 0 Å². The fourth-order valence-corrected chi connectivity index (χ4v) is 1.41. The number of ether oxygens (including phenoxy) is 1. The van der Waals surface area contributed by atoms with Crippen molar-refractivity contribution in [1.82, 2.24) is 10.3 Å². The molecule has 1 aromatic heterocycles. The molecular weight excluding hydrogens is 220 g/mol. The van der Waals surface area contributed by atoms with Gasteiger partial charge < -0.3 is 15.2 Å². The summed E-state index contributed by atoms with van der Waals surface area (Å²) in [5, 5.41) is 11.5. The average Bonchev–Trinajstić information content (AvgIpc) is 2.36. The van der Waals surface area contributed by atoms with Crippen LogP contribution in [0, 0.1) is 0 Å². The maximum atomic E-state index is 11.8. The van der Waals surface area contributed by atoms with Crippen molar-refractivity contribution in [2.24, 2.45) is 0 Å². The van der Waals surface area contributed by atoms with Gasteiger partial charge in [-0.3, -0.25) is 4.79 Å². The molecule has 0 radical (unpaired) electrons. The zero-order valence-electron chi connectivity index (χ0n) is 10.1. The lowest BCUT2D eigenvalue weighted by Crippen LogP contribution is -2.32. The summed E-state index contributed by atoms with van der Waals surface area (Å²) in [7, 11) is 1.53. The summed E-state index contributed by atoms with van der Waals surface area (Å²) >= 11 is 0. The third-order valence-corrected chi connectivity index (χ3v) is 2.38. The Hall–Kier alpha value is -1.62. The van der Waals surface area contributed by atoms with E-state index in [0.717, 1.165) is 6.42 Å². The molecule has 1 unspecified atom stereocenters. The Morgan fingerprint density at radius 1 is 1.59 bits per heavy atom. The van der Waals surface area contributed by atoms with Crippen LogP contribution >= 0.6 is 0 Å². The van der Waals surface area contributed by atoms with Crippen molar-refractivity contribution in [1.29, 1.82) is 0 Å². The first-order chi connectivity index (χ1) is 8.17. The number of carbonyl (C=O) groups is 1. The van der Waals surface area contributed by atoms with Gasteiger partial charge in [0.1, 0.15) is 0 Å². The smallest absolute Gasteiger partial charge is 0.253 e. The second-order valence-electron chi connectivity index (χ2n) is 3.83. The molecule has 0 fully saturated rings. The summed E-state index contributed by atoms with van der Waals surface area (Å²) in [6.45, 7) is 2.05. The highest BCUT2D eigenvalue weighted by Gasteiger charge is 2.09. The van der Waals surface area contributed by atoms with Crippen LogP contribution in [-0.4, -0.2) is 35.8 Å². The Morgan fingerprint density at radius 2 is 2.35 bits per heavy atom. The maximum Gasteiger partial charge on any atom is 0.253 e. The number of methoxy groups -OCH3 is 1. The van der Waals surface area contributed by atoms with Gasteiger partial charge in [-0.05, 0) is 25.8 Å². The lowest BCUT2D eigenvalue weighted by atomic mass is 10.1. The summed E-state index contributed by atoms with van der Waals surface area (Å²) < 4.78 is 4.91. The first-order valence-electron chi connectivity index (χ1n) is 5.59. The minimum atomic E-state index is -0.161. The number of nitrogens with one attached hydrogen (secondary N) is 1. The number of carbonyl (C=O) groups excluding carboxylic acids is 1. The van der Waals surface area contributed by atoms with Gasteiger partial charge in [0.05, 0.1) is 12.7 Å². The van der Waals surface area contributed by atoms with Crippen LogP contribution in [0.1, 0.15) is 30.1 Å². The highest BCUT2D eigenvalue weighted by atomic mass is 16.5. The Bertz CT molecular complexity index is 351. The summed E-state index contributed by atoms with van der Waals surface area (Å²) in [5.41, 5.74) is 0.502. The molecule has 94 valence electrons. The van der Waals surface area contributed by atoms with Gasteiger partial charge in [-0.2, -0.15) is 0 Å². The number of hydrogen-bond donors (Lipinski definition) is 2. The topological polar surface area (TPSA) is 71.5 Å². The van der Waals surface area contributed by atoms with Crippen LogP contribution in [0.4, 0.5) is 0 Å². The number of hydrogen-bond acceptors (Lipinski definition) is 4. The number of aromatic nitrogens is 1. The predicted octanol–water partition coefficient (Wildman–Crippen LogP) is 0.981. The van der Waals surface area contributed by atoms with Crippen LogP contribution in [0.15, 0.2) is 18.3 Å². The van der Waals surface area contributed by atoms with E-state index in [1.54, 1.807) is 12.1 Å². The SMILES string of the molecule is COc1ccc(C(=O)NC(C)CCCO)cn1. The van der Waals surface area contributed by atoms with Crippen molar-refractivity contribution in [2.45, 2.75) is 25.8 Å². The number of aliphatic hydroxyl groups is 1. The monoisotopic (exact) mass is 238 g/mol. The molecule has 0 bridgehead atoms. The Kier molecular flexibility index (Phi) is 5.42. The summed E-state index contributed by atoms with van der Waals surface area (Å²) in [5.74, 6) is 0.320. The first kappa shape index (κ1) is 13.4. The van der Waals surface area contributed by atoms with E-state index in [4.69, 9.17) is 9.84 Å². The number of amides is 1. The third-order valence-electron chi connectivity index (χ3n) is 2.38. The van der Waals surface area contributed by atoms with Crippen molar-refractivity contribution >= 4 is 5.91 Å². The molecule has 0 aliphatic heterocycles. The normalized spacial score (nSPS) is 11.9. The van der Waals surface area contributed by atoms with Gasteiger partial charge in [0.25, 0.3) is 5.91 Å². The van der Waals surface area contributed by atoms with E-state index in [9.17, 15) is 4.79 Å². The Labute approximate surface area is 101 Å². The fraction of sp³-hybridized carbons (Fsp3) is 0.500. The second-order valence-corrected chi connectivity index (χ2v) is 3.83. The molecule has 0 saturated heterocycles. The number of nitrogens with zero attached hydrogens (tertiary/aromatic N) is 1. The van der Waals surface area contributed by atoms with E-state index in [-0.39, 0.29) is 18.6 Å². The molecule has 17 heavy (non-hydrogen) atoms. The molecule has 0 aromatic carbocycles. The van der Waals surface area contributed by atoms with Gasteiger partial charge in [0.2, 0.25) is 5.88 Å². The maximum absolute atomic E-state index is 11.8. The third kappa shape index (κ3) is 4.40. The molecule has 0 spiro atoms. The lowest BCUT2D eigenvalue weighted by molar-refractivity contribution is 0.0936. The summed E-state index contributed by atoms with van der Waals surface area (Å²) in [6, 6.07) is 3.35. The largest absolute Gasteiger partial charge is 0.481 e. The number of rotatable bonds is 6. The van der Waals surface area contributed by atoms with Crippen molar-refractivity contribution in [3.05, 3.63) is 23.9 Å². The standard InChI is InChI=1S/C12H18N2O3/c1-9(4-3-7-15)14-12(16)10-5-6-11(17-2)13-8-10/h5-6,8-9,15H,3-4,7H2,1-2H3,(H,14,16). The minimum absolute atomic E-state index is 0.0387. The average molecular weight is 238 g/mol. The zero-order chi connectivity index (χ0) is 12.7. The second kappa shape index (κ2) is 6.85. The predicted molar refractivity (Wildman–Crippen MR) is 64.0 cm³/mol. The minimum Gasteiger partial charge on any atom is -0.481 e. The van der Waals surface area contributed by atoms with Crippen LogP contribution in [0.2, 0.25) is 0 Å². The van der Waals surface area contributed by atoms with E-state index in [1.165, 1.54) is 13.3 Å². The zero-order valence-corrected chi connectivity index (χ0v) is 10.1. The lowest BCUT2D eigenvalue weighted by Gasteiger charge is -2.13. The summed E-state index contributed by atoms with van der Waals surface area (Å²) in [6.07, 6.45) is 2.92. The molecular formula is C12H18N2O3. The number of aliphatic hydroxyl groups excluding tert-OH is 1. The van der Waals surface area contributed by atoms with Crippen molar-refractivity contribution < 1.29 is 14.6 Å². The molecule has 1 aromatic rings. The van der Waals surface area contributed by atoms with Gasteiger partial charge in [-0.25, -0.2) is 4.98 Å². The fourth-order valence-electron chi connectivity index (χ4n) is 1.41. The Balaban J connectivity index is 2.51. The van der Waals surface area contributed by atoms with Crippen LogP contribution in [-0.2, 0) is 0 Å². The number of pyridine rings is 1. The van der Waals surface area contributed by atoms with Gasteiger partial charge in [-0.15, -0.1) is 0 Å². The van der Waals surface area contributed by atoms with Crippen molar-refractivity contribution in [3.63, 3.8) is 0 Å². The Morgan fingerprint density at radius 3 is 2.88 bits per heavy atom. The van der Waals surface area contributed by atoms with Crippen LogP contribution in [0.25, 0.3) is 0 Å². The van der Waals surface area contributed by atoms with E-state index in [2.05, 4.69) is 10.3 Å². The molecule has 5 nitrogen and oxygen atoms in total. The molecule has 1 atom stereocenters. The van der Waals surface area contributed by atoms with Crippen molar-refractivity contribution in [2.75, 3.05) is 13.7 Å². The quantitative estimate of drug-likeness (QED) is 0.775. The van der Waals surface area contributed by atoms with Crippen molar-refractivity contribution in [3.8, 4) is 5.88 Å². The molecule has 0 aliphatic rings. The molecule has 0 aliphatic carbocycles. The van der Waals surface area contributed by atoms with E-state index in [0.29, 0.717) is 17.9 Å². The highest BCUT2D eigenvalue weighted by Crippen LogP contribution is 2.07. The summed E-state index contributed by atoms with van der Waals surface area (Å²) in [4.78, 5) is 15.7. The van der Waals surface area contributed by atoms with E-state index < -0.39 is 0 Å². The van der Waals surface area contributed by atoms with Crippen LogP contribution in [0.5, 0.6) is 5.88 Å². The molecule has 1 amide bonds. The first-order valence-corrected chi connectivity index (χ1v) is 5.59.